The van der Waals surface area contributed by atoms with Gasteiger partial charge in [0, 0.05) is 20.2 Å². The van der Waals surface area contributed by atoms with Crippen molar-refractivity contribution in [3.8, 4) is 5.75 Å². The molecular formula is C14H20FNO4. The number of aliphatic hydroxyl groups excluding tert-OH is 1. The van der Waals surface area contributed by atoms with E-state index < -0.39 is 11.9 Å². The highest BCUT2D eigenvalue weighted by Crippen LogP contribution is 2.17. The maximum atomic E-state index is 13.5. The Morgan fingerprint density at radius 1 is 1.40 bits per heavy atom. The highest BCUT2D eigenvalue weighted by atomic mass is 19.1. The Labute approximate surface area is 117 Å². The van der Waals surface area contributed by atoms with Crippen LogP contribution in [0.5, 0.6) is 5.75 Å². The molecule has 0 heterocycles. The number of halogens is 1. The minimum atomic E-state index is -0.838. The molecule has 0 saturated heterocycles. The Morgan fingerprint density at radius 2 is 2.10 bits per heavy atom. The van der Waals surface area contributed by atoms with Crippen LogP contribution in [0.4, 0.5) is 4.39 Å². The Morgan fingerprint density at radius 3 is 2.70 bits per heavy atom. The van der Waals surface area contributed by atoms with Gasteiger partial charge in [0.2, 0.25) is 0 Å². The molecule has 1 amide bonds. The van der Waals surface area contributed by atoms with Crippen LogP contribution in [0.2, 0.25) is 0 Å². The fraction of sp³-hybridized carbons (Fsp3) is 0.500. The zero-order valence-electron chi connectivity index (χ0n) is 11.7. The summed E-state index contributed by atoms with van der Waals surface area (Å²) in [6.45, 7) is 2.29. The van der Waals surface area contributed by atoms with Crippen LogP contribution in [0, 0.1) is 5.82 Å². The molecule has 20 heavy (non-hydrogen) atoms. The number of amides is 1. The minimum Gasteiger partial charge on any atom is -0.478 e. The Bertz CT molecular complexity index is 427. The first kappa shape index (κ1) is 16.4. The van der Waals surface area contributed by atoms with Gasteiger partial charge in [0.1, 0.15) is 0 Å². The van der Waals surface area contributed by atoms with Crippen molar-refractivity contribution >= 4 is 5.91 Å². The van der Waals surface area contributed by atoms with E-state index in [0.717, 1.165) is 0 Å². The third-order valence-corrected chi connectivity index (χ3v) is 2.74. The molecule has 1 atom stereocenters. The number of ether oxygens (including phenoxy) is 2. The molecule has 0 aromatic heterocycles. The van der Waals surface area contributed by atoms with E-state index in [4.69, 9.17) is 14.6 Å². The van der Waals surface area contributed by atoms with Gasteiger partial charge in [-0.15, -0.1) is 0 Å². The van der Waals surface area contributed by atoms with E-state index in [1.54, 1.807) is 19.1 Å². The minimum absolute atomic E-state index is 0.0315. The second-order valence-corrected chi connectivity index (χ2v) is 4.23. The number of nitrogens with zero attached hydrogens (tertiary/aromatic N) is 1. The predicted molar refractivity (Wildman–Crippen MR) is 72.0 cm³/mol. The molecule has 0 aliphatic carbocycles. The monoisotopic (exact) mass is 285 g/mol. The second-order valence-electron chi connectivity index (χ2n) is 4.23. The normalized spacial score (nSPS) is 12.0. The standard InChI is InChI=1S/C14H20FNO4/c1-11(20-13-6-4-3-5-12(13)15)14(18)16(7-9-17)8-10-19-2/h3-6,11,17H,7-10H2,1-2H3. The number of para-hydroxylation sites is 1. The summed E-state index contributed by atoms with van der Waals surface area (Å²) >= 11 is 0. The van der Waals surface area contributed by atoms with E-state index in [1.807, 2.05) is 0 Å². The number of aliphatic hydroxyl groups is 1. The smallest absolute Gasteiger partial charge is 0.263 e. The van der Waals surface area contributed by atoms with Gasteiger partial charge in [-0.2, -0.15) is 0 Å². The quantitative estimate of drug-likeness (QED) is 0.776. The fourth-order valence-corrected chi connectivity index (χ4v) is 1.69. The third kappa shape index (κ3) is 4.79. The summed E-state index contributed by atoms with van der Waals surface area (Å²) in [6.07, 6.45) is -0.838. The molecule has 0 saturated carbocycles. The van der Waals surface area contributed by atoms with Crippen LogP contribution in [-0.2, 0) is 9.53 Å². The van der Waals surface area contributed by atoms with Crippen molar-refractivity contribution < 1.29 is 23.8 Å². The molecule has 5 nitrogen and oxygen atoms in total. The summed E-state index contributed by atoms with van der Waals surface area (Å²) in [4.78, 5) is 13.6. The van der Waals surface area contributed by atoms with Crippen LogP contribution >= 0.6 is 0 Å². The van der Waals surface area contributed by atoms with Crippen LogP contribution < -0.4 is 4.74 Å². The molecule has 6 heteroatoms. The molecule has 1 unspecified atom stereocenters. The first-order valence-corrected chi connectivity index (χ1v) is 6.40. The average molecular weight is 285 g/mol. The van der Waals surface area contributed by atoms with Gasteiger partial charge in [-0.3, -0.25) is 4.79 Å². The summed E-state index contributed by atoms with van der Waals surface area (Å²) in [6, 6.07) is 5.91. The van der Waals surface area contributed by atoms with Gasteiger partial charge in [0.05, 0.1) is 13.2 Å². The molecule has 0 bridgehead atoms. The lowest BCUT2D eigenvalue weighted by molar-refractivity contribution is -0.139. The van der Waals surface area contributed by atoms with Crippen LogP contribution in [0.25, 0.3) is 0 Å². The van der Waals surface area contributed by atoms with Gasteiger partial charge >= 0.3 is 0 Å². The SMILES string of the molecule is COCCN(CCO)C(=O)C(C)Oc1ccccc1F. The summed E-state index contributed by atoms with van der Waals surface area (Å²) < 4.78 is 23.7. The highest BCUT2D eigenvalue weighted by Gasteiger charge is 2.22. The number of carbonyl (C=O) groups is 1. The Hall–Kier alpha value is -1.66. The van der Waals surface area contributed by atoms with Crippen molar-refractivity contribution in [1.82, 2.24) is 4.90 Å². The molecule has 0 fully saturated rings. The Balaban J connectivity index is 2.66. The average Bonchev–Trinajstić information content (AvgIpc) is 2.45. The number of hydrogen-bond donors (Lipinski definition) is 1. The molecule has 1 aromatic carbocycles. The molecule has 0 spiro atoms. The summed E-state index contributed by atoms with van der Waals surface area (Å²) in [7, 11) is 1.53. The lowest BCUT2D eigenvalue weighted by atomic mass is 10.3. The van der Waals surface area contributed by atoms with Crippen molar-refractivity contribution in [3.63, 3.8) is 0 Å². The van der Waals surface area contributed by atoms with E-state index in [0.29, 0.717) is 13.2 Å². The predicted octanol–water partition coefficient (Wildman–Crippen LogP) is 1.06. The molecule has 0 radical (unpaired) electrons. The van der Waals surface area contributed by atoms with Crippen LogP contribution in [0.1, 0.15) is 6.92 Å². The molecular weight excluding hydrogens is 265 g/mol. The van der Waals surface area contributed by atoms with Crippen LogP contribution in [0.3, 0.4) is 0 Å². The van der Waals surface area contributed by atoms with Gasteiger partial charge in [0.15, 0.2) is 17.7 Å². The van der Waals surface area contributed by atoms with Gasteiger partial charge in [0.25, 0.3) is 5.91 Å². The number of rotatable bonds is 8. The van der Waals surface area contributed by atoms with E-state index >= 15 is 0 Å². The zero-order valence-corrected chi connectivity index (χ0v) is 11.7. The van der Waals surface area contributed by atoms with Crippen molar-refractivity contribution in [1.29, 1.82) is 0 Å². The van der Waals surface area contributed by atoms with Gasteiger partial charge in [-0.25, -0.2) is 4.39 Å². The van der Waals surface area contributed by atoms with Crippen molar-refractivity contribution in [2.75, 3.05) is 33.4 Å². The van der Waals surface area contributed by atoms with E-state index in [9.17, 15) is 9.18 Å². The summed E-state index contributed by atoms with van der Waals surface area (Å²) in [5.41, 5.74) is 0. The maximum absolute atomic E-state index is 13.5. The molecule has 1 aromatic rings. The number of hydrogen-bond acceptors (Lipinski definition) is 4. The van der Waals surface area contributed by atoms with Gasteiger partial charge < -0.3 is 19.5 Å². The molecule has 112 valence electrons. The molecule has 0 aliphatic heterocycles. The molecule has 1 N–H and O–H groups in total. The lowest BCUT2D eigenvalue weighted by Crippen LogP contribution is -2.43. The fourth-order valence-electron chi connectivity index (χ4n) is 1.69. The summed E-state index contributed by atoms with van der Waals surface area (Å²) in [5, 5.41) is 8.97. The first-order chi connectivity index (χ1) is 9.60. The largest absolute Gasteiger partial charge is 0.478 e. The molecule has 0 aliphatic rings. The summed E-state index contributed by atoms with van der Waals surface area (Å²) in [5.74, 6) is -0.804. The highest BCUT2D eigenvalue weighted by molar-refractivity contribution is 5.80. The van der Waals surface area contributed by atoms with E-state index in [2.05, 4.69) is 0 Å². The van der Waals surface area contributed by atoms with Crippen molar-refractivity contribution in [3.05, 3.63) is 30.1 Å². The second kappa shape index (κ2) is 8.50. The van der Waals surface area contributed by atoms with Gasteiger partial charge in [-0.05, 0) is 19.1 Å². The Kier molecular flexibility index (Phi) is 6.97. The van der Waals surface area contributed by atoms with Crippen LogP contribution in [-0.4, -0.2) is 55.4 Å². The first-order valence-electron chi connectivity index (χ1n) is 6.40. The van der Waals surface area contributed by atoms with Crippen molar-refractivity contribution in [2.45, 2.75) is 13.0 Å². The topological polar surface area (TPSA) is 59.0 Å². The lowest BCUT2D eigenvalue weighted by Gasteiger charge is -2.25. The number of carbonyl (C=O) groups excluding carboxylic acids is 1. The number of benzene rings is 1. The van der Waals surface area contributed by atoms with E-state index in [-0.39, 0.29) is 24.8 Å². The van der Waals surface area contributed by atoms with E-state index in [1.165, 1.54) is 24.1 Å². The maximum Gasteiger partial charge on any atom is 0.263 e. The van der Waals surface area contributed by atoms with Crippen molar-refractivity contribution in [2.24, 2.45) is 0 Å². The third-order valence-electron chi connectivity index (χ3n) is 2.74. The molecule has 1 rings (SSSR count). The number of methoxy groups -OCH3 is 1. The van der Waals surface area contributed by atoms with Gasteiger partial charge in [-0.1, -0.05) is 12.1 Å². The zero-order chi connectivity index (χ0) is 15.0. The van der Waals surface area contributed by atoms with Crippen LogP contribution in [0.15, 0.2) is 24.3 Å².